The highest BCUT2D eigenvalue weighted by molar-refractivity contribution is 9.10. The van der Waals surface area contributed by atoms with Crippen LogP contribution in [-0.2, 0) is 15.1 Å². The third-order valence-corrected chi connectivity index (χ3v) is 3.34. The Balaban J connectivity index is 0.000000255. The average Bonchev–Trinajstić information content (AvgIpc) is 2.42. The van der Waals surface area contributed by atoms with Crippen LogP contribution in [0, 0.1) is 0 Å². The standard InChI is InChI=1S/C10H12BrNO2.C6H4O2/c1-10(2,12-9(13)14)7-3-5-8(11)6-4-7;7-5-1-2-6(8)4-3-5/h3-6,12H,1-2H3,(H,13,14);1-4H. The van der Waals surface area contributed by atoms with E-state index in [0.717, 1.165) is 10.0 Å². The lowest BCUT2D eigenvalue weighted by Gasteiger charge is -2.25. The summed E-state index contributed by atoms with van der Waals surface area (Å²) in [6, 6.07) is 7.56. The molecule has 22 heavy (non-hydrogen) atoms. The van der Waals surface area contributed by atoms with E-state index in [1.54, 1.807) is 0 Å². The molecule has 0 unspecified atom stereocenters. The quantitative estimate of drug-likeness (QED) is 0.788. The van der Waals surface area contributed by atoms with Gasteiger partial charge in [0.25, 0.3) is 0 Å². The van der Waals surface area contributed by atoms with Gasteiger partial charge in [-0.2, -0.15) is 0 Å². The smallest absolute Gasteiger partial charge is 0.405 e. The number of hydrogen-bond acceptors (Lipinski definition) is 3. The lowest BCUT2D eigenvalue weighted by Crippen LogP contribution is -2.39. The molecule has 5 nitrogen and oxygen atoms in total. The number of carbonyl (C=O) groups excluding carboxylic acids is 2. The van der Waals surface area contributed by atoms with Gasteiger partial charge in [0.15, 0.2) is 11.6 Å². The van der Waals surface area contributed by atoms with Crippen molar-refractivity contribution in [1.82, 2.24) is 5.32 Å². The number of ketones is 2. The predicted molar refractivity (Wildman–Crippen MR) is 86.6 cm³/mol. The molecule has 0 aliphatic heterocycles. The fraction of sp³-hybridized carbons (Fsp3) is 0.188. The van der Waals surface area contributed by atoms with Gasteiger partial charge in [-0.25, -0.2) is 4.79 Å². The maximum atomic E-state index is 10.5. The van der Waals surface area contributed by atoms with Crippen LogP contribution in [0.2, 0.25) is 0 Å². The first-order valence-corrected chi connectivity index (χ1v) is 7.21. The molecule has 0 fully saturated rings. The normalized spacial score (nSPS) is 13.4. The Morgan fingerprint density at radius 1 is 1.00 bits per heavy atom. The van der Waals surface area contributed by atoms with E-state index in [0.29, 0.717) is 0 Å². The fourth-order valence-electron chi connectivity index (χ4n) is 1.65. The van der Waals surface area contributed by atoms with Gasteiger partial charge in [0.1, 0.15) is 0 Å². The summed E-state index contributed by atoms with van der Waals surface area (Å²) < 4.78 is 0.979. The van der Waals surface area contributed by atoms with Gasteiger partial charge in [-0.15, -0.1) is 0 Å². The first-order valence-electron chi connectivity index (χ1n) is 6.42. The summed E-state index contributed by atoms with van der Waals surface area (Å²) >= 11 is 3.33. The Bertz CT molecular complexity index is 592. The van der Waals surface area contributed by atoms with Crippen LogP contribution in [0.1, 0.15) is 19.4 Å². The second-order valence-corrected chi connectivity index (χ2v) is 5.95. The summed E-state index contributed by atoms with van der Waals surface area (Å²) in [5.74, 6) is -0.241. The summed E-state index contributed by atoms with van der Waals surface area (Å²) in [5, 5.41) is 11.1. The van der Waals surface area contributed by atoms with Crippen molar-refractivity contribution in [2.45, 2.75) is 19.4 Å². The maximum Gasteiger partial charge on any atom is 0.405 e. The first-order chi connectivity index (χ1) is 10.2. The van der Waals surface area contributed by atoms with Crippen molar-refractivity contribution in [3.63, 3.8) is 0 Å². The molecule has 1 amide bonds. The van der Waals surface area contributed by atoms with Gasteiger partial charge in [0.05, 0.1) is 5.54 Å². The zero-order valence-corrected chi connectivity index (χ0v) is 13.8. The molecule has 0 spiro atoms. The maximum absolute atomic E-state index is 10.5. The van der Waals surface area contributed by atoms with Crippen LogP contribution in [0.15, 0.2) is 53.0 Å². The molecule has 1 aromatic carbocycles. The van der Waals surface area contributed by atoms with Crippen molar-refractivity contribution in [2.75, 3.05) is 0 Å². The number of hydrogen-bond donors (Lipinski definition) is 2. The topological polar surface area (TPSA) is 83.5 Å². The molecule has 6 heteroatoms. The minimum absolute atomic E-state index is 0.121. The van der Waals surface area contributed by atoms with Crippen molar-refractivity contribution in [1.29, 1.82) is 0 Å². The number of allylic oxidation sites excluding steroid dienone is 4. The molecule has 0 saturated heterocycles. The van der Waals surface area contributed by atoms with E-state index in [1.165, 1.54) is 24.3 Å². The number of amides is 1. The summed E-state index contributed by atoms with van der Waals surface area (Å²) in [6.45, 7) is 3.65. The van der Waals surface area contributed by atoms with E-state index in [-0.39, 0.29) is 11.6 Å². The zero-order valence-electron chi connectivity index (χ0n) is 12.2. The van der Waals surface area contributed by atoms with E-state index in [1.807, 2.05) is 38.1 Å². The molecule has 0 bridgehead atoms. The van der Waals surface area contributed by atoms with Gasteiger partial charge in [-0.05, 0) is 55.8 Å². The zero-order chi connectivity index (χ0) is 16.8. The second kappa shape index (κ2) is 7.70. The molecule has 1 aliphatic rings. The average molecular weight is 366 g/mol. The highest BCUT2D eigenvalue weighted by atomic mass is 79.9. The van der Waals surface area contributed by atoms with E-state index < -0.39 is 11.6 Å². The molecule has 0 atom stereocenters. The summed E-state index contributed by atoms with van der Waals surface area (Å²) in [5.41, 5.74) is 0.370. The van der Waals surface area contributed by atoms with Crippen LogP contribution in [-0.4, -0.2) is 22.8 Å². The number of carboxylic acid groups (broad SMARTS) is 1. The molecular formula is C16H16BrNO4. The minimum atomic E-state index is -1.02. The van der Waals surface area contributed by atoms with Crippen LogP contribution < -0.4 is 5.32 Å². The van der Waals surface area contributed by atoms with Crippen LogP contribution >= 0.6 is 15.9 Å². The van der Waals surface area contributed by atoms with Gasteiger partial charge in [0, 0.05) is 4.47 Å². The third kappa shape index (κ3) is 6.05. The van der Waals surface area contributed by atoms with Gasteiger partial charge in [0.2, 0.25) is 0 Å². The Morgan fingerprint density at radius 3 is 1.77 bits per heavy atom. The molecule has 116 valence electrons. The highest BCUT2D eigenvalue weighted by Gasteiger charge is 2.21. The molecule has 1 aromatic rings. The van der Waals surface area contributed by atoms with Crippen molar-refractivity contribution >= 4 is 33.6 Å². The number of rotatable bonds is 2. The van der Waals surface area contributed by atoms with E-state index in [4.69, 9.17) is 5.11 Å². The van der Waals surface area contributed by atoms with E-state index >= 15 is 0 Å². The molecule has 2 N–H and O–H groups in total. The van der Waals surface area contributed by atoms with Gasteiger partial charge in [-0.3, -0.25) is 9.59 Å². The van der Waals surface area contributed by atoms with Crippen LogP contribution in [0.5, 0.6) is 0 Å². The SMILES string of the molecule is CC(C)(NC(=O)O)c1ccc(Br)cc1.O=C1C=CC(=O)C=C1. The van der Waals surface area contributed by atoms with Crippen molar-refractivity contribution in [3.8, 4) is 0 Å². The highest BCUT2D eigenvalue weighted by Crippen LogP contribution is 2.21. The largest absolute Gasteiger partial charge is 0.465 e. The number of carbonyl (C=O) groups is 3. The van der Waals surface area contributed by atoms with Crippen molar-refractivity contribution in [3.05, 3.63) is 58.6 Å². The van der Waals surface area contributed by atoms with Crippen molar-refractivity contribution < 1.29 is 19.5 Å². The second-order valence-electron chi connectivity index (χ2n) is 5.03. The van der Waals surface area contributed by atoms with Gasteiger partial charge in [-0.1, -0.05) is 28.1 Å². The third-order valence-electron chi connectivity index (χ3n) is 2.81. The van der Waals surface area contributed by atoms with E-state index in [2.05, 4.69) is 21.2 Å². The molecule has 0 saturated carbocycles. The molecule has 1 aliphatic carbocycles. The Kier molecular flexibility index (Phi) is 6.24. The van der Waals surface area contributed by atoms with E-state index in [9.17, 15) is 14.4 Å². The summed E-state index contributed by atoms with van der Waals surface area (Å²) in [7, 11) is 0. The summed E-state index contributed by atoms with van der Waals surface area (Å²) in [6.07, 6.45) is 3.99. The molecule has 0 aromatic heterocycles. The number of nitrogens with one attached hydrogen (secondary N) is 1. The van der Waals surface area contributed by atoms with Crippen LogP contribution in [0.4, 0.5) is 4.79 Å². The molecular weight excluding hydrogens is 350 g/mol. The summed E-state index contributed by atoms with van der Waals surface area (Å²) in [4.78, 5) is 31.1. The minimum Gasteiger partial charge on any atom is -0.465 e. The Morgan fingerprint density at radius 2 is 1.41 bits per heavy atom. The fourth-order valence-corrected chi connectivity index (χ4v) is 1.91. The Labute approximate surface area is 136 Å². The van der Waals surface area contributed by atoms with Gasteiger partial charge >= 0.3 is 6.09 Å². The predicted octanol–water partition coefficient (Wildman–Crippen LogP) is 3.20. The number of benzene rings is 1. The molecule has 0 heterocycles. The van der Waals surface area contributed by atoms with Gasteiger partial charge < -0.3 is 10.4 Å². The lowest BCUT2D eigenvalue weighted by molar-refractivity contribution is -0.113. The molecule has 0 radical (unpaired) electrons. The van der Waals surface area contributed by atoms with Crippen molar-refractivity contribution in [2.24, 2.45) is 0 Å². The van der Waals surface area contributed by atoms with Crippen LogP contribution in [0.25, 0.3) is 0 Å². The first kappa shape index (κ1) is 17.8. The monoisotopic (exact) mass is 365 g/mol. The lowest BCUT2D eigenvalue weighted by atomic mass is 9.95. The molecule has 2 rings (SSSR count). The van der Waals surface area contributed by atoms with Crippen LogP contribution in [0.3, 0.4) is 0 Å². The Hall–Kier alpha value is -2.21. The number of halogens is 1.